The summed E-state index contributed by atoms with van der Waals surface area (Å²) in [5.41, 5.74) is -2.42. The van der Waals surface area contributed by atoms with Crippen molar-refractivity contribution in [3.8, 4) is 17.2 Å². The molecule has 2 aliphatic heterocycles. The summed E-state index contributed by atoms with van der Waals surface area (Å²) in [6.07, 6.45) is 6.23. The second-order valence-electron chi connectivity index (χ2n) is 11.5. The molecule has 0 radical (unpaired) electrons. The van der Waals surface area contributed by atoms with Crippen LogP contribution in [-0.4, -0.2) is 51.3 Å². The lowest BCUT2D eigenvalue weighted by Gasteiger charge is -2.59. The van der Waals surface area contributed by atoms with Crippen LogP contribution in [0.25, 0.3) is 0 Å². The van der Waals surface area contributed by atoms with Crippen molar-refractivity contribution in [2.24, 2.45) is 5.92 Å². The van der Waals surface area contributed by atoms with Crippen molar-refractivity contribution in [3.05, 3.63) is 52.1 Å². The number of hydrogen-bond acceptors (Lipinski definition) is 7. The number of phenols is 2. The first-order chi connectivity index (χ1) is 16.8. The Morgan fingerprint density at radius 1 is 1.11 bits per heavy atom. The maximum atomic E-state index is 14.3. The zero-order valence-corrected chi connectivity index (χ0v) is 21.9. The summed E-state index contributed by atoms with van der Waals surface area (Å²) in [7, 11) is 1.48. The van der Waals surface area contributed by atoms with Crippen molar-refractivity contribution in [1.82, 2.24) is 0 Å². The Labute approximate surface area is 211 Å². The lowest BCUT2D eigenvalue weighted by atomic mass is 9.49. The van der Waals surface area contributed by atoms with Crippen LogP contribution in [-0.2, 0) is 20.7 Å². The zero-order chi connectivity index (χ0) is 26.4. The van der Waals surface area contributed by atoms with Crippen LogP contribution in [0.15, 0.2) is 41.0 Å². The Kier molecular flexibility index (Phi) is 5.20. The number of methoxy groups -OCH3 is 1. The van der Waals surface area contributed by atoms with E-state index in [2.05, 4.69) is 0 Å². The molecular formula is C29H34O7. The van der Waals surface area contributed by atoms with Gasteiger partial charge in [-0.15, -0.1) is 0 Å². The van der Waals surface area contributed by atoms with Crippen LogP contribution in [0.3, 0.4) is 0 Å². The monoisotopic (exact) mass is 494 g/mol. The van der Waals surface area contributed by atoms with E-state index in [9.17, 15) is 19.8 Å². The maximum absolute atomic E-state index is 14.3. The summed E-state index contributed by atoms with van der Waals surface area (Å²) in [4.78, 5) is 28.5. The molecule has 7 nitrogen and oxygen atoms in total. The highest BCUT2D eigenvalue weighted by atomic mass is 16.6. The van der Waals surface area contributed by atoms with Crippen molar-refractivity contribution in [2.75, 3.05) is 7.11 Å². The largest absolute Gasteiger partial charge is 0.507 e. The molecule has 1 saturated heterocycles. The SMILES string of the molecule is CO[C@@]12C=C3C(=O)c4c(O)cc(O)c(CC=C(C)C)c4O[C@@]34[C@@H](C1)C(C)(C)O[C@@]4(CC=C(C)C)C2=O. The lowest BCUT2D eigenvalue weighted by Crippen LogP contribution is -2.77. The van der Waals surface area contributed by atoms with Crippen LogP contribution in [0.4, 0.5) is 0 Å². The minimum absolute atomic E-state index is 0.0114. The molecule has 0 amide bonds. The molecule has 5 aliphatic rings. The Morgan fingerprint density at radius 2 is 1.78 bits per heavy atom. The molecule has 0 aromatic heterocycles. The van der Waals surface area contributed by atoms with Gasteiger partial charge in [-0.05, 0) is 60.5 Å². The van der Waals surface area contributed by atoms with Gasteiger partial charge >= 0.3 is 0 Å². The first kappa shape index (κ1) is 24.8. The molecule has 6 rings (SSSR count). The topological polar surface area (TPSA) is 102 Å². The van der Waals surface area contributed by atoms with Gasteiger partial charge in [-0.3, -0.25) is 9.59 Å². The predicted octanol–water partition coefficient (Wildman–Crippen LogP) is 4.74. The highest BCUT2D eigenvalue weighted by Gasteiger charge is 2.84. The molecule has 3 aliphatic carbocycles. The van der Waals surface area contributed by atoms with Crippen LogP contribution in [0.2, 0.25) is 0 Å². The minimum atomic E-state index is -1.51. The summed E-state index contributed by atoms with van der Waals surface area (Å²) < 4.78 is 19.4. The molecule has 1 aromatic rings. The van der Waals surface area contributed by atoms with Crippen LogP contribution in [0.1, 0.15) is 70.3 Å². The highest BCUT2D eigenvalue weighted by molar-refractivity contribution is 6.19. The van der Waals surface area contributed by atoms with Gasteiger partial charge in [-0.2, -0.15) is 0 Å². The van der Waals surface area contributed by atoms with Gasteiger partial charge in [0.1, 0.15) is 28.4 Å². The van der Waals surface area contributed by atoms with E-state index in [-0.39, 0.29) is 40.6 Å². The molecule has 4 bridgehead atoms. The fourth-order valence-corrected chi connectivity index (χ4v) is 6.69. The number of benzene rings is 1. The van der Waals surface area contributed by atoms with Gasteiger partial charge in [-0.1, -0.05) is 23.3 Å². The third kappa shape index (κ3) is 2.87. The van der Waals surface area contributed by atoms with Gasteiger partial charge in [0.15, 0.2) is 17.0 Å². The molecule has 2 fully saturated rings. The quantitative estimate of drug-likeness (QED) is 0.570. The van der Waals surface area contributed by atoms with Crippen molar-refractivity contribution >= 4 is 11.6 Å². The molecule has 0 unspecified atom stereocenters. The molecule has 4 atom stereocenters. The molecule has 192 valence electrons. The normalized spacial score (nSPS) is 32.9. The number of carbonyl (C=O) groups excluding carboxylic acids is 2. The Hall–Kier alpha value is -2.90. The van der Waals surface area contributed by atoms with Gasteiger partial charge in [0.05, 0.1) is 5.60 Å². The second-order valence-corrected chi connectivity index (χ2v) is 11.5. The van der Waals surface area contributed by atoms with Crippen LogP contribution in [0, 0.1) is 5.92 Å². The van der Waals surface area contributed by atoms with Crippen molar-refractivity contribution in [2.45, 2.75) is 83.2 Å². The predicted molar refractivity (Wildman–Crippen MR) is 133 cm³/mol. The summed E-state index contributed by atoms with van der Waals surface area (Å²) in [5.74, 6) is -1.53. The van der Waals surface area contributed by atoms with Crippen LogP contribution >= 0.6 is 0 Å². The van der Waals surface area contributed by atoms with E-state index in [0.29, 0.717) is 18.4 Å². The van der Waals surface area contributed by atoms with E-state index in [1.807, 2.05) is 53.7 Å². The van der Waals surface area contributed by atoms with E-state index < -0.39 is 34.1 Å². The maximum Gasteiger partial charge on any atom is 0.205 e. The van der Waals surface area contributed by atoms with E-state index in [1.165, 1.54) is 13.2 Å². The average molecular weight is 495 g/mol. The van der Waals surface area contributed by atoms with Crippen LogP contribution in [0.5, 0.6) is 17.2 Å². The minimum Gasteiger partial charge on any atom is -0.507 e. The highest BCUT2D eigenvalue weighted by Crippen LogP contribution is 2.69. The van der Waals surface area contributed by atoms with E-state index in [4.69, 9.17) is 14.2 Å². The Morgan fingerprint density at radius 3 is 2.39 bits per heavy atom. The molecule has 2 heterocycles. The van der Waals surface area contributed by atoms with Crippen molar-refractivity contribution in [3.63, 3.8) is 0 Å². The molecule has 2 N–H and O–H groups in total. The van der Waals surface area contributed by atoms with Gasteiger partial charge in [0.25, 0.3) is 0 Å². The zero-order valence-electron chi connectivity index (χ0n) is 21.9. The molecular weight excluding hydrogens is 460 g/mol. The number of rotatable bonds is 5. The molecule has 1 saturated carbocycles. The standard InChI is InChI=1S/C29H34O7/c1-15(2)8-9-17-19(30)12-20(31)22-23(32)18-13-27(34-7)14-21-26(5,6)36-28(25(27)33,11-10-16(3)4)29(18,21)35-24(17)22/h8,10,12-13,21,30-31H,9,11,14H2,1-7H3/t21-,27-,28-,29+/m0/s1. The fraction of sp³-hybridized carbons (Fsp3) is 0.517. The number of Topliss-reactive ketones (excluding diaryl/α,β-unsaturated/α-hetero) is 2. The number of ether oxygens (including phenoxy) is 3. The Balaban J connectivity index is 1.86. The second kappa shape index (κ2) is 7.56. The summed E-state index contributed by atoms with van der Waals surface area (Å²) in [6.45, 7) is 11.6. The van der Waals surface area contributed by atoms with E-state index in [1.54, 1.807) is 6.08 Å². The fourth-order valence-electron chi connectivity index (χ4n) is 6.69. The third-order valence-corrected chi connectivity index (χ3v) is 8.35. The summed E-state index contributed by atoms with van der Waals surface area (Å²) in [6, 6.07) is 1.18. The summed E-state index contributed by atoms with van der Waals surface area (Å²) >= 11 is 0. The number of allylic oxidation sites excluding steroid dienone is 3. The van der Waals surface area contributed by atoms with Gasteiger partial charge in [0.2, 0.25) is 5.78 Å². The number of carbonyl (C=O) groups is 2. The summed E-state index contributed by atoms with van der Waals surface area (Å²) in [5, 5.41) is 21.6. The number of phenolic OH excluding ortho intramolecular Hbond substituents is 2. The van der Waals surface area contributed by atoms with E-state index in [0.717, 1.165) is 11.1 Å². The smallest absolute Gasteiger partial charge is 0.205 e. The number of hydrogen-bond donors (Lipinski definition) is 2. The third-order valence-electron chi connectivity index (χ3n) is 8.35. The molecule has 1 aromatic carbocycles. The first-order valence-electron chi connectivity index (χ1n) is 12.4. The Bertz CT molecular complexity index is 1290. The lowest BCUT2D eigenvalue weighted by molar-refractivity contribution is -0.189. The molecule has 1 spiro atoms. The van der Waals surface area contributed by atoms with Crippen molar-refractivity contribution < 1.29 is 34.0 Å². The van der Waals surface area contributed by atoms with Gasteiger partial charge < -0.3 is 24.4 Å². The number of fused-ring (bicyclic) bond motifs is 1. The first-order valence-corrected chi connectivity index (χ1v) is 12.4. The van der Waals surface area contributed by atoms with Gasteiger partial charge in [0, 0.05) is 36.7 Å². The van der Waals surface area contributed by atoms with Crippen molar-refractivity contribution in [1.29, 1.82) is 0 Å². The van der Waals surface area contributed by atoms with Gasteiger partial charge in [-0.25, -0.2) is 0 Å². The molecule has 36 heavy (non-hydrogen) atoms. The number of ketones is 2. The number of aromatic hydroxyl groups is 2. The molecule has 7 heteroatoms. The average Bonchev–Trinajstić information content (AvgIpc) is 2.94. The van der Waals surface area contributed by atoms with E-state index >= 15 is 0 Å². The van der Waals surface area contributed by atoms with Crippen LogP contribution < -0.4 is 4.74 Å².